The highest BCUT2D eigenvalue weighted by Crippen LogP contribution is 2.64. The second-order valence-electron chi connectivity index (χ2n) is 16.2. The summed E-state index contributed by atoms with van der Waals surface area (Å²) in [6.45, 7) is 33.5. The lowest BCUT2D eigenvalue weighted by molar-refractivity contribution is -0.00425. The maximum Gasteiger partial charge on any atom is 0.210 e. The van der Waals surface area contributed by atoms with Crippen LogP contribution in [0.2, 0.25) is 0 Å². The van der Waals surface area contributed by atoms with Crippen LogP contribution in [0, 0.1) is 0 Å². The molecule has 0 saturated carbocycles. The average molecular weight is 641 g/mol. The van der Waals surface area contributed by atoms with Crippen molar-refractivity contribution in [2.75, 3.05) is 6.61 Å². The van der Waals surface area contributed by atoms with E-state index in [1.807, 2.05) is 0 Å². The molecule has 0 saturated heterocycles. The van der Waals surface area contributed by atoms with Crippen LogP contribution in [0.1, 0.15) is 132 Å². The highest BCUT2D eigenvalue weighted by molar-refractivity contribution is 7.61. The lowest BCUT2D eigenvalue weighted by Gasteiger charge is -2.35. The monoisotopic (exact) mass is 640 g/mol. The summed E-state index contributed by atoms with van der Waals surface area (Å²) in [7, 11) is -9.18. The molecule has 9 nitrogen and oxygen atoms in total. The van der Waals surface area contributed by atoms with E-state index >= 15 is 0 Å². The quantitative estimate of drug-likeness (QED) is 0.170. The second-order valence-corrected chi connectivity index (χ2v) is 27.7. The lowest BCUT2D eigenvalue weighted by atomic mass is 10.2. The van der Waals surface area contributed by atoms with Crippen LogP contribution in [0.15, 0.2) is 0 Å². The normalized spacial score (nSPS) is 15.8. The van der Waals surface area contributed by atoms with Crippen molar-refractivity contribution in [3.8, 4) is 0 Å². The second kappa shape index (κ2) is 15.4. The Labute approximate surface area is 247 Å². The SMILES string of the molecule is CC(C)(C)P(=O)(O)C(C)(C)C.CC(C)(C)P(=O)(O)C(C)(C)C.CC(C)(C)P(=O)(O)C(C)(C)C.CC(O)C(O)CO. The fraction of sp³-hybridized carbons (Fsp3) is 1.00. The fourth-order valence-corrected chi connectivity index (χ4v) is 9.21. The number of hydrogen-bond donors (Lipinski definition) is 6. The molecular weight excluding hydrogens is 573 g/mol. The van der Waals surface area contributed by atoms with Gasteiger partial charge in [0.15, 0.2) is 0 Å². The molecule has 0 aliphatic rings. The van der Waals surface area contributed by atoms with Gasteiger partial charge in [0.1, 0.15) is 6.10 Å². The summed E-state index contributed by atoms with van der Waals surface area (Å²) in [5, 5.41) is 21.9. The van der Waals surface area contributed by atoms with Gasteiger partial charge in [-0.3, -0.25) is 13.7 Å². The zero-order chi connectivity index (χ0) is 34.4. The van der Waals surface area contributed by atoms with Crippen molar-refractivity contribution in [2.24, 2.45) is 0 Å². The largest absolute Gasteiger partial charge is 0.394 e. The van der Waals surface area contributed by atoms with Crippen LogP contribution in [0.5, 0.6) is 0 Å². The first-order valence-electron chi connectivity index (χ1n) is 13.6. The zero-order valence-corrected chi connectivity index (χ0v) is 31.8. The molecule has 0 aliphatic heterocycles. The molecule has 0 aliphatic carbocycles. The van der Waals surface area contributed by atoms with E-state index < -0.39 is 65.3 Å². The Bertz CT molecular complexity index is 713. The summed E-state index contributed by atoms with van der Waals surface area (Å²) in [6, 6.07) is 0. The van der Waals surface area contributed by atoms with E-state index in [2.05, 4.69) is 0 Å². The first kappa shape index (κ1) is 47.4. The van der Waals surface area contributed by atoms with Crippen molar-refractivity contribution in [3.63, 3.8) is 0 Å². The van der Waals surface area contributed by atoms with Crippen LogP contribution in [0.4, 0.5) is 0 Å². The minimum atomic E-state index is -3.06. The van der Waals surface area contributed by atoms with Crippen molar-refractivity contribution in [3.05, 3.63) is 0 Å². The van der Waals surface area contributed by atoms with Crippen molar-refractivity contribution >= 4 is 22.1 Å². The molecule has 0 amide bonds. The Balaban J connectivity index is -0.000000219. The molecule has 2 atom stereocenters. The van der Waals surface area contributed by atoms with Gasteiger partial charge in [-0.1, -0.05) is 125 Å². The Morgan fingerprint density at radius 2 is 0.575 bits per heavy atom. The maximum atomic E-state index is 11.8. The Kier molecular flexibility index (Phi) is 18.3. The Morgan fingerprint density at radius 1 is 0.450 bits per heavy atom. The van der Waals surface area contributed by atoms with E-state index in [-0.39, 0.29) is 6.61 Å². The molecule has 0 rings (SSSR count). The topological polar surface area (TPSA) is 173 Å². The molecule has 0 heterocycles. The van der Waals surface area contributed by atoms with Gasteiger partial charge in [-0.05, 0) is 6.92 Å². The number of rotatable bonds is 2. The highest BCUT2D eigenvalue weighted by Gasteiger charge is 2.46. The minimum absolute atomic E-state index is 0.377. The van der Waals surface area contributed by atoms with Crippen LogP contribution >= 0.6 is 22.1 Å². The van der Waals surface area contributed by atoms with Crippen LogP contribution in [0.25, 0.3) is 0 Å². The minimum Gasteiger partial charge on any atom is -0.394 e. The number of hydrogen-bond acceptors (Lipinski definition) is 6. The molecule has 0 radical (unpaired) electrons. The number of aliphatic hydroxyl groups is 3. The third kappa shape index (κ3) is 14.8. The van der Waals surface area contributed by atoms with Crippen LogP contribution in [-0.4, -0.2) is 79.8 Å². The molecule has 0 aromatic heterocycles. The summed E-state index contributed by atoms with van der Waals surface area (Å²) in [6.07, 6.45) is -1.81. The third-order valence-electron chi connectivity index (χ3n) is 6.20. The van der Waals surface area contributed by atoms with Gasteiger partial charge in [-0.15, -0.1) is 0 Å². The number of aliphatic hydroxyl groups excluding tert-OH is 3. The summed E-state index contributed by atoms with van der Waals surface area (Å²) < 4.78 is 35.4. The summed E-state index contributed by atoms with van der Waals surface area (Å²) in [4.78, 5) is 29.2. The molecule has 12 heteroatoms. The van der Waals surface area contributed by atoms with Crippen molar-refractivity contribution in [1.29, 1.82) is 0 Å². The smallest absolute Gasteiger partial charge is 0.210 e. The molecule has 0 aromatic rings. The Hall–Kier alpha value is 0.450. The van der Waals surface area contributed by atoms with Gasteiger partial charge < -0.3 is 30.0 Å². The van der Waals surface area contributed by atoms with E-state index in [4.69, 9.17) is 15.3 Å². The summed E-state index contributed by atoms with van der Waals surface area (Å²) >= 11 is 0. The van der Waals surface area contributed by atoms with E-state index in [0.717, 1.165) is 0 Å². The molecule has 0 fully saturated rings. The van der Waals surface area contributed by atoms with Gasteiger partial charge in [0.2, 0.25) is 22.1 Å². The molecule has 40 heavy (non-hydrogen) atoms. The molecule has 0 aromatic carbocycles. The summed E-state index contributed by atoms with van der Waals surface area (Å²) in [5.41, 5.74) is 0. The van der Waals surface area contributed by atoms with E-state index in [9.17, 15) is 28.4 Å². The fourth-order valence-electron chi connectivity index (χ4n) is 3.17. The Morgan fingerprint density at radius 3 is 0.575 bits per heavy atom. The van der Waals surface area contributed by atoms with Crippen molar-refractivity contribution < 1.29 is 43.7 Å². The van der Waals surface area contributed by atoms with Gasteiger partial charge in [-0.25, -0.2) is 0 Å². The van der Waals surface area contributed by atoms with E-state index in [1.165, 1.54) is 6.92 Å². The zero-order valence-electron chi connectivity index (χ0n) is 29.1. The summed E-state index contributed by atoms with van der Waals surface area (Å²) in [5.74, 6) is 0. The van der Waals surface area contributed by atoms with Gasteiger partial charge in [0.25, 0.3) is 0 Å². The highest BCUT2D eigenvalue weighted by atomic mass is 31.2. The molecular formula is C28H67O9P3. The van der Waals surface area contributed by atoms with Crippen molar-refractivity contribution in [1.82, 2.24) is 0 Å². The van der Waals surface area contributed by atoms with Crippen LogP contribution in [0.3, 0.4) is 0 Å². The van der Waals surface area contributed by atoms with Gasteiger partial charge in [0.05, 0.1) is 12.7 Å². The van der Waals surface area contributed by atoms with Gasteiger partial charge >= 0.3 is 0 Å². The lowest BCUT2D eigenvalue weighted by Crippen LogP contribution is -2.28. The van der Waals surface area contributed by atoms with E-state index in [0.29, 0.717) is 0 Å². The van der Waals surface area contributed by atoms with E-state index in [1.54, 1.807) is 125 Å². The average Bonchev–Trinajstić information content (AvgIpc) is 2.63. The standard InChI is InChI=1S/3C8H19O2P.C4H10O3/c3*1-7(2,3)11(9,10)8(4,5)6;1-3(6)4(7)2-5/h3*1-6H3,(H,9,10);3-7H,2H2,1H3. The van der Waals surface area contributed by atoms with Gasteiger partial charge in [0, 0.05) is 30.9 Å². The maximum absolute atomic E-state index is 11.8. The van der Waals surface area contributed by atoms with Gasteiger partial charge in [-0.2, -0.15) is 0 Å². The first-order chi connectivity index (χ1) is 16.7. The van der Waals surface area contributed by atoms with Crippen LogP contribution < -0.4 is 0 Å². The van der Waals surface area contributed by atoms with Crippen molar-refractivity contribution in [2.45, 2.75) is 175 Å². The molecule has 2 unspecified atom stereocenters. The molecule has 6 N–H and O–H groups in total. The predicted octanol–water partition coefficient (Wildman–Crippen LogP) is 7.28. The third-order valence-corrected chi connectivity index (χ3v) is 17.1. The van der Waals surface area contributed by atoms with Crippen LogP contribution in [-0.2, 0) is 13.7 Å². The molecule has 0 bridgehead atoms. The molecule has 0 spiro atoms. The molecule has 248 valence electrons. The first-order valence-corrected chi connectivity index (χ1v) is 18.6. The predicted molar refractivity (Wildman–Crippen MR) is 173 cm³/mol.